The molecule has 0 unspecified atom stereocenters. The Morgan fingerprint density at radius 3 is 1.71 bits per heavy atom. The summed E-state index contributed by atoms with van der Waals surface area (Å²) in [5.41, 5.74) is 0.630. The van der Waals surface area contributed by atoms with Crippen molar-refractivity contribution in [2.75, 3.05) is 0 Å². The minimum Gasteiger partial charge on any atom is -0.0654 e. The van der Waals surface area contributed by atoms with Gasteiger partial charge in [-0.15, -0.1) is 0 Å². The van der Waals surface area contributed by atoms with Gasteiger partial charge in [-0.1, -0.05) is 79.1 Å². The predicted octanol–water partition coefficient (Wildman–Crippen LogP) is 5.56. The van der Waals surface area contributed by atoms with Crippen LogP contribution in [-0.4, -0.2) is 0 Å². The van der Waals surface area contributed by atoms with E-state index in [1.165, 1.54) is 57.8 Å². The zero-order chi connectivity index (χ0) is 10.9. The van der Waals surface area contributed by atoms with Crippen LogP contribution in [0.5, 0.6) is 0 Å². The largest absolute Gasteiger partial charge is 0.0654 e. The predicted molar refractivity (Wildman–Crippen MR) is 66.7 cm³/mol. The molecular weight excluding hydrogens is 168 g/mol. The van der Waals surface area contributed by atoms with Gasteiger partial charge in [-0.25, -0.2) is 0 Å². The highest BCUT2D eigenvalue weighted by Gasteiger charge is 2.18. The maximum atomic E-state index is 2.44. The van der Waals surface area contributed by atoms with Gasteiger partial charge in [0.25, 0.3) is 0 Å². The molecule has 0 aromatic carbocycles. The molecule has 0 heteroatoms. The molecule has 86 valence electrons. The third kappa shape index (κ3) is 6.45. The Hall–Kier alpha value is 0. The zero-order valence-electron chi connectivity index (χ0n) is 10.9. The molecule has 0 saturated carbocycles. The van der Waals surface area contributed by atoms with E-state index in [0.29, 0.717) is 5.41 Å². The molecule has 0 rings (SSSR count). The van der Waals surface area contributed by atoms with Crippen LogP contribution in [0, 0.1) is 5.41 Å². The van der Waals surface area contributed by atoms with Crippen molar-refractivity contribution in [3.8, 4) is 0 Å². The average molecular weight is 198 g/mol. The molecule has 0 aliphatic rings. The van der Waals surface area contributed by atoms with E-state index in [1.54, 1.807) is 0 Å². The van der Waals surface area contributed by atoms with E-state index in [2.05, 4.69) is 27.7 Å². The Morgan fingerprint density at radius 1 is 0.714 bits per heavy atom. The molecule has 0 aromatic rings. The molecule has 0 aliphatic heterocycles. The van der Waals surface area contributed by atoms with Crippen molar-refractivity contribution in [2.45, 2.75) is 85.5 Å². The Morgan fingerprint density at radius 2 is 1.21 bits per heavy atom. The van der Waals surface area contributed by atoms with E-state index >= 15 is 0 Å². The zero-order valence-corrected chi connectivity index (χ0v) is 10.9. The van der Waals surface area contributed by atoms with Crippen LogP contribution >= 0.6 is 0 Å². The smallest absolute Gasteiger partial charge is 0.0331 e. The lowest BCUT2D eigenvalue weighted by Crippen LogP contribution is -2.13. The van der Waals surface area contributed by atoms with Crippen LogP contribution in [-0.2, 0) is 0 Å². The van der Waals surface area contributed by atoms with E-state index in [1.807, 2.05) is 0 Å². The first-order chi connectivity index (χ1) is 6.68. The molecule has 0 aromatic heterocycles. The lowest BCUT2D eigenvalue weighted by atomic mass is 9.80. The van der Waals surface area contributed by atoms with E-state index in [-0.39, 0.29) is 0 Å². The summed E-state index contributed by atoms with van der Waals surface area (Å²) < 4.78 is 0. The van der Waals surface area contributed by atoms with Crippen LogP contribution in [0.4, 0.5) is 0 Å². The second-order valence-electron chi connectivity index (χ2n) is 5.04. The number of unbranched alkanes of at least 4 members (excludes halogenated alkanes) is 5. The SMILES string of the molecule is CCCCCCCCC(C)(CC)CC. The summed E-state index contributed by atoms with van der Waals surface area (Å²) in [6.07, 6.45) is 12.7. The molecule has 0 amide bonds. The van der Waals surface area contributed by atoms with Crippen LogP contribution in [0.15, 0.2) is 0 Å². The molecule has 0 nitrogen and oxygen atoms in total. The first-order valence-corrected chi connectivity index (χ1v) is 6.68. The molecule has 0 fully saturated rings. The van der Waals surface area contributed by atoms with Crippen molar-refractivity contribution in [1.82, 2.24) is 0 Å². The van der Waals surface area contributed by atoms with Crippen molar-refractivity contribution in [3.05, 3.63) is 0 Å². The van der Waals surface area contributed by atoms with Gasteiger partial charge in [0.05, 0.1) is 0 Å². The van der Waals surface area contributed by atoms with E-state index in [0.717, 1.165) is 0 Å². The summed E-state index contributed by atoms with van der Waals surface area (Å²) >= 11 is 0. The van der Waals surface area contributed by atoms with Gasteiger partial charge in [-0.3, -0.25) is 0 Å². The van der Waals surface area contributed by atoms with Crippen LogP contribution in [0.1, 0.15) is 85.5 Å². The van der Waals surface area contributed by atoms with Gasteiger partial charge in [0.1, 0.15) is 0 Å². The van der Waals surface area contributed by atoms with Crippen LogP contribution in [0.2, 0.25) is 0 Å². The third-order valence-corrected chi connectivity index (χ3v) is 3.84. The van der Waals surface area contributed by atoms with Crippen LogP contribution in [0.3, 0.4) is 0 Å². The minimum atomic E-state index is 0.630. The van der Waals surface area contributed by atoms with Crippen molar-refractivity contribution in [1.29, 1.82) is 0 Å². The highest BCUT2D eigenvalue weighted by atomic mass is 14.2. The molecule has 0 aliphatic carbocycles. The second kappa shape index (κ2) is 8.32. The summed E-state index contributed by atoms with van der Waals surface area (Å²) in [5, 5.41) is 0. The minimum absolute atomic E-state index is 0.630. The Bertz CT molecular complexity index is 111. The van der Waals surface area contributed by atoms with Gasteiger partial charge < -0.3 is 0 Å². The summed E-state index contributed by atoms with van der Waals surface area (Å²) in [6.45, 7) is 9.39. The molecule has 0 heterocycles. The molecule has 0 saturated heterocycles. The number of rotatable bonds is 9. The van der Waals surface area contributed by atoms with E-state index in [9.17, 15) is 0 Å². The van der Waals surface area contributed by atoms with E-state index in [4.69, 9.17) is 0 Å². The highest BCUT2D eigenvalue weighted by molar-refractivity contribution is 4.70. The number of hydrogen-bond donors (Lipinski definition) is 0. The lowest BCUT2D eigenvalue weighted by molar-refractivity contribution is 0.262. The second-order valence-corrected chi connectivity index (χ2v) is 5.04. The maximum Gasteiger partial charge on any atom is -0.0331 e. The quantitative estimate of drug-likeness (QED) is 0.425. The third-order valence-electron chi connectivity index (χ3n) is 3.84. The fourth-order valence-corrected chi connectivity index (χ4v) is 1.94. The van der Waals surface area contributed by atoms with Crippen molar-refractivity contribution in [2.24, 2.45) is 5.41 Å². The molecule has 14 heavy (non-hydrogen) atoms. The van der Waals surface area contributed by atoms with Crippen molar-refractivity contribution >= 4 is 0 Å². The first-order valence-electron chi connectivity index (χ1n) is 6.68. The highest BCUT2D eigenvalue weighted by Crippen LogP contribution is 2.31. The summed E-state index contributed by atoms with van der Waals surface area (Å²) in [6, 6.07) is 0. The van der Waals surface area contributed by atoms with Gasteiger partial charge >= 0.3 is 0 Å². The number of hydrogen-bond acceptors (Lipinski definition) is 0. The topological polar surface area (TPSA) is 0 Å². The Kier molecular flexibility index (Phi) is 8.32. The Balaban J connectivity index is 3.34. The van der Waals surface area contributed by atoms with Gasteiger partial charge in [-0.05, 0) is 11.8 Å². The fourth-order valence-electron chi connectivity index (χ4n) is 1.94. The van der Waals surface area contributed by atoms with Gasteiger partial charge in [0, 0.05) is 0 Å². The van der Waals surface area contributed by atoms with Gasteiger partial charge in [0.2, 0.25) is 0 Å². The van der Waals surface area contributed by atoms with Crippen molar-refractivity contribution in [3.63, 3.8) is 0 Å². The molecule has 0 atom stereocenters. The lowest BCUT2D eigenvalue weighted by Gasteiger charge is -2.26. The fraction of sp³-hybridized carbons (Fsp3) is 1.00. The van der Waals surface area contributed by atoms with Crippen LogP contribution in [0.25, 0.3) is 0 Å². The maximum absolute atomic E-state index is 2.44. The molecule has 0 radical (unpaired) electrons. The average Bonchev–Trinajstić information content (AvgIpc) is 2.23. The standard InChI is InChI=1S/C14H30/c1-5-8-9-10-11-12-13-14(4,6-2)7-3/h5-13H2,1-4H3. The van der Waals surface area contributed by atoms with Crippen LogP contribution < -0.4 is 0 Å². The monoisotopic (exact) mass is 198 g/mol. The molecule has 0 spiro atoms. The normalized spacial score (nSPS) is 12.0. The van der Waals surface area contributed by atoms with E-state index < -0.39 is 0 Å². The summed E-state index contributed by atoms with van der Waals surface area (Å²) in [5.74, 6) is 0. The molecule has 0 bridgehead atoms. The van der Waals surface area contributed by atoms with Gasteiger partial charge in [0.15, 0.2) is 0 Å². The van der Waals surface area contributed by atoms with Gasteiger partial charge in [-0.2, -0.15) is 0 Å². The summed E-state index contributed by atoms with van der Waals surface area (Å²) in [4.78, 5) is 0. The van der Waals surface area contributed by atoms with Crippen molar-refractivity contribution < 1.29 is 0 Å². The molecule has 0 N–H and O–H groups in total. The summed E-state index contributed by atoms with van der Waals surface area (Å²) in [7, 11) is 0. The Labute approximate surface area is 91.5 Å². The molecular formula is C14H30. The first kappa shape index (κ1) is 14.0.